The van der Waals surface area contributed by atoms with Gasteiger partial charge in [0.15, 0.2) is 5.03 Å². The molecule has 0 spiro atoms. The topological polar surface area (TPSA) is 83.7 Å². The zero-order chi connectivity index (χ0) is 11.5. The van der Waals surface area contributed by atoms with Crippen molar-refractivity contribution in [3.63, 3.8) is 0 Å². The molecule has 86 valence electrons. The van der Waals surface area contributed by atoms with Gasteiger partial charge in [-0.25, -0.2) is 15.1 Å². The maximum atomic E-state index is 12.6. The fourth-order valence-corrected chi connectivity index (χ4v) is 2.04. The lowest BCUT2D eigenvalue weighted by molar-refractivity contribution is -0.485. The predicted molar refractivity (Wildman–Crippen MR) is 54.9 cm³/mol. The number of nitrogens with one attached hydrogen (secondary N) is 1. The molecule has 1 aromatic heterocycles. The summed E-state index contributed by atoms with van der Waals surface area (Å²) < 4.78 is 12.6. The van der Waals surface area contributed by atoms with Crippen LogP contribution in [0, 0.1) is 15.4 Å². The number of rotatable bonds is 3. The van der Waals surface area contributed by atoms with E-state index < -0.39 is 10.3 Å². The highest BCUT2D eigenvalue weighted by atomic mass is 32.1. The first-order chi connectivity index (χ1) is 7.65. The number of nitro groups is 1. The van der Waals surface area contributed by atoms with E-state index >= 15 is 0 Å². The minimum atomic E-state index is -0.756. The minimum Gasteiger partial charge on any atom is -0.349 e. The number of hydrazone groups is 1. The summed E-state index contributed by atoms with van der Waals surface area (Å²) in [6.45, 7) is 1.57. The second kappa shape index (κ2) is 4.39. The van der Waals surface area contributed by atoms with Gasteiger partial charge in [0.2, 0.25) is 0 Å². The standard InChI is InChI=1S/C7H8FN5O2S/c8-6-10-3-5(16-6)4-12-2-1-9-7(12)11-13(14)15/h3H,1-2,4H2,(H,9,11). The maximum absolute atomic E-state index is 12.6. The second-order valence-corrected chi connectivity index (χ2v) is 4.15. The highest BCUT2D eigenvalue weighted by Gasteiger charge is 2.22. The number of guanidine groups is 1. The Kier molecular flexibility index (Phi) is 2.95. The summed E-state index contributed by atoms with van der Waals surface area (Å²) in [6.07, 6.45) is 1.42. The smallest absolute Gasteiger partial charge is 0.271 e. The maximum Gasteiger partial charge on any atom is 0.271 e. The number of nitrogens with zero attached hydrogens (tertiary/aromatic N) is 4. The Hall–Kier alpha value is -1.77. The van der Waals surface area contributed by atoms with Crippen LogP contribution in [0.3, 0.4) is 0 Å². The van der Waals surface area contributed by atoms with Crippen LogP contribution in [0.1, 0.15) is 4.88 Å². The lowest BCUT2D eigenvalue weighted by atomic mass is 10.5. The van der Waals surface area contributed by atoms with Crippen LogP contribution in [0.2, 0.25) is 0 Å². The Bertz CT molecular complexity index is 434. The van der Waals surface area contributed by atoms with E-state index in [-0.39, 0.29) is 5.96 Å². The van der Waals surface area contributed by atoms with Crippen molar-refractivity contribution in [1.29, 1.82) is 0 Å². The molecule has 7 nitrogen and oxygen atoms in total. The molecule has 0 aromatic carbocycles. The fraction of sp³-hybridized carbons (Fsp3) is 0.429. The van der Waals surface area contributed by atoms with Crippen molar-refractivity contribution in [2.75, 3.05) is 13.1 Å². The van der Waals surface area contributed by atoms with E-state index in [2.05, 4.69) is 15.4 Å². The molecule has 1 aliphatic heterocycles. The molecule has 0 radical (unpaired) electrons. The van der Waals surface area contributed by atoms with Gasteiger partial charge in [-0.3, -0.25) is 0 Å². The normalized spacial score (nSPS) is 17.8. The Balaban J connectivity index is 2.06. The zero-order valence-electron chi connectivity index (χ0n) is 8.09. The summed E-state index contributed by atoms with van der Waals surface area (Å²) in [5, 5.41) is 15.0. The van der Waals surface area contributed by atoms with Crippen LogP contribution in [-0.2, 0) is 6.54 Å². The van der Waals surface area contributed by atoms with E-state index in [0.717, 1.165) is 11.3 Å². The van der Waals surface area contributed by atoms with Gasteiger partial charge in [0.25, 0.3) is 11.2 Å². The van der Waals surface area contributed by atoms with Gasteiger partial charge in [-0.15, -0.1) is 0 Å². The van der Waals surface area contributed by atoms with Gasteiger partial charge in [-0.2, -0.15) is 4.39 Å². The Labute approximate surface area is 93.7 Å². The van der Waals surface area contributed by atoms with Gasteiger partial charge >= 0.3 is 0 Å². The SMILES string of the molecule is O=[N+]([O-])/N=C1\NCCN1Cc1cnc(F)s1. The molecular formula is C7H8FN5O2S. The van der Waals surface area contributed by atoms with Gasteiger partial charge in [-0.1, -0.05) is 11.3 Å². The van der Waals surface area contributed by atoms with Crippen LogP contribution in [0.4, 0.5) is 4.39 Å². The Morgan fingerprint density at radius 3 is 3.25 bits per heavy atom. The number of thiazole rings is 1. The average Bonchev–Trinajstić information content (AvgIpc) is 2.77. The molecule has 16 heavy (non-hydrogen) atoms. The van der Waals surface area contributed by atoms with Crippen LogP contribution < -0.4 is 5.32 Å². The lowest BCUT2D eigenvalue weighted by Gasteiger charge is -2.13. The molecule has 1 N–H and O–H groups in total. The molecule has 2 rings (SSSR count). The number of halogens is 1. The molecule has 0 aliphatic carbocycles. The van der Waals surface area contributed by atoms with E-state index in [1.54, 1.807) is 4.90 Å². The lowest BCUT2D eigenvalue weighted by Crippen LogP contribution is -2.30. The first kappa shape index (κ1) is 10.7. The molecule has 1 fully saturated rings. The van der Waals surface area contributed by atoms with E-state index in [4.69, 9.17) is 0 Å². The predicted octanol–water partition coefficient (Wildman–Crippen LogP) is 0.235. The van der Waals surface area contributed by atoms with Crippen molar-refractivity contribution in [3.05, 3.63) is 26.4 Å². The van der Waals surface area contributed by atoms with Crippen LogP contribution in [-0.4, -0.2) is 34.0 Å². The molecule has 0 amide bonds. The largest absolute Gasteiger partial charge is 0.349 e. The third-order valence-electron chi connectivity index (χ3n) is 2.01. The fourth-order valence-electron chi connectivity index (χ4n) is 1.40. The number of hydrogen-bond donors (Lipinski definition) is 1. The summed E-state index contributed by atoms with van der Waals surface area (Å²) >= 11 is 0.923. The quantitative estimate of drug-likeness (QED) is 0.609. The van der Waals surface area contributed by atoms with Gasteiger partial charge < -0.3 is 10.2 Å². The van der Waals surface area contributed by atoms with Crippen molar-refractivity contribution in [3.8, 4) is 0 Å². The molecule has 0 bridgehead atoms. The molecule has 1 aliphatic rings. The van der Waals surface area contributed by atoms with Gasteiger partial charge in [-0.05, 0) is 0 Å². The van der Waals surface area contributed by atoms with Crippen LogP contribution in [0.5, 0.6) is 0 Å². The monoisotopic (exact) mass is 245 g/mol. The van der Waals surface area contributed by atoms with Crippen molar-refractivity contribution in [2.24, 2.45) is 5.10 Å². The molecule has 9 heteroatoms. The molecule has 0 unspecified atom stereocenters. The third-order valence-corrected chi connectivity index (χ3v) is 2.78. The molecule has 0 atom stereocenters. The van der Waals surface area contributed by atoms with Gasteiger partial charge in [0.05, 0.1) is 6.54 Å². The first-order valence-electron chi connectivity index (χ1n) is 4.47. The van der Waals surface area contributed by atoms with E-state index in [9.17, 15) is 14.5 Å². The summed E-state index contributed by atoms with van der Waals surface area (Å²) in [5.41, 5.74) is 0. The van der Waals surface area contributed by atoms with Crippen LogP contribution in [0.15, 0.2) is 11.3 Å². The third kappa shape index (κ3) is 2.42. The van der Waals surface area contributed by atoms with Crippen molar-refractivity contribution < 1.29 is 9.42 Å². The van der Waals surface area contributed by atoms with Crippen molar-refractivity contribution in [1.82, 2.24) is 15.2 Å². The number of hydrogen-bond acceptors (Lipinski definition) is 4. The Morgan fingerprint density at radius 1 is 1.81 bits per heavy atom. The van der Waals surface area contributed by atoms with Gasteiger partial charge in [0.1, 0.15) is 5.10 Å². The van der Waals surface area contributed by atoms with Crippen LogP contribution >= 0.6 is 11.3 Å². The van der Waals surface area contributed by atoms with Crippen LogP contribution in [0.25, 0.3) is 0 Å². The summed E-state index contributed by atoms with van der Waals surface area (Å²) in [7, 11) is 0. The molecular weight excluding hydrogens is 237 g/mol. The van der Waals surface area contributed by atoms with E-state index in [1.165, 1.54) is 6.20 Å². The van der Waals surface area contributed by atoms with E-state index in [0.29, 0.717) is 24.5 Å². The average molecular weight is 245 g/mol. The van der Waals surface area contributed by atoms with Crippen molar-refractivity contribution >= 4 is 17.3 Å². The summed E-state index contributed by atoms with van der Waals surface area (Å²) in [4.78, 5) is 16.1. The molecule has 1 aromatic rings. The second-order valence-electron chi connectivity index (χ2n) is 3.09. The zero-order valence-corrected chi connectivity index (χ0v) is 8.91. The van der Waals surface area contributed by atoms with Crippen molar-refractivity contribution in [2.45, 2.75) is 6.54 Å². The molecule has 2 heterocycles. The van der Waals surface area contributed by atoms with E-state index in [1.807, 2.05) is 0 Å². The minimum absolute atomic E-state index is 0.207. The highest BCUT2D eigenvalue weighted by Crippen LogP contribution is 2.14. The Morgan fingerprint density at radius 2 is 2.62 bits per heavy atom. The summed E-state index contributed by atoms with van der Waals surface area (Å²) in [6, 6.07) is 0. The summed E-state index contributed by atoms with van der Waals surface area (Å²) in [5.74, 6) is 0.207. The number of aromatic nitrogens is 1. The highest BCUT2D eigenvalue weighted by molar-refractivity contribution is 7.09. The first-order valence-corrected chi connectivity index (χ1v) is 5.29. The molecule has 1 saturated heterocycles. The molecule has 0 saturated carbocycles. The van der Waals surface area contributed by atoms with Gasteiger partial charge in [0, 0.05) is 24.2 Å².